The van der Waals surface area contributed by atoms with Crippen molar-refractivity contribution in [2.45, 2.75) is 51.7 Å². The van der Waals surface area contributed by atoms with Crippen molar-refractivity contribution in [1.29, 1.82) is 0 Å². The van der Waals surface area contributed by atoms with Gasteiger partial charge in [-0.05, 0) is 55.2 Å². The Morgan fingerprint density at radius 1 is 1.25 bits per heavy atom. The Hall–Kier alpha value is -0.570. The smallest absolute Gasteiger partial charge is 0.0808 e. The molecule has 1 aliphatic carbocycles. The predicted molar refractivity (Wildman–Crippen MR) is 84.8 cm³/mol. The molecule has 0 amide bonds. The summed E-state index contributed by atoms with van der Waals surface area (Å²) in [4.78, 5) is 0. The van der Waals surface area contributed by atoms with Crippen LogP contribution in [0.3, 0.4) is 0 Å². The lowest BCUT2D eigenvalue weighted by Crippen LogP contribution is -2.44. The van der Waals surface area contributed by atoms with Crippen LogP contribution in [0.1, 0.15) is 45.1 Å². The Morgan fingerprint density at radius 2 is 1.85 bits per heavy atom. The van der Waals surface area contributed by atoms with E-state index in [1.807, 2.05) is 24.3 Å². The molecule has 2 nitrogen and oxygen atoms in total. The zero-order chi connectivity index (χ0) is 14.6. The number of hydrogen-bond donors (Lipinski definition) is 1. The summed E-state index contributed by atoms with van der Waals surface area (Å²) in [5.41, 5.74) is 7.04. The molecular weight excluding hydrogens is 270 g/mol. The average molecular weight is 296 g/mol. The Kier molecular flexibility index (Phi) is 5.48. The van der Waals surface area contributed by atoms with E-state index in [0.29, 0.717) is 13.2 Å². The monoisotopic (exact) mass is 295 g/mol. The number of rotatable bonds is 5. The maximum absolute atomic E-state index is 6.21. The first-order valence-electron chi connectivity index (χ1n) is 7.63. The van der Waals surface area contributed by atoms with Crippen molar-refractivity contribution in [3.8, 4) is 0 Å². The topological polar surface area (TPSA) is 35.2 Å². The fourth-order valence-corrected chi connectivity index (χ4v) is 3.18. The maximum atomic E-state index is 6.21. The van der Waals surface area contributed by atoms with Crippen LogP contribution in [-0.2, 0) is 11.3 Å². The molecule has 2 rings (SSSR count). The van der Waals surface area contributed by atoms with Gasteiger partial charge < -0.3 is 10.5 Å². The van der Waals surface area contributed by atoms with Gasteiger partial charge in [-0.2, -0.15) is 0 Å². The first kappa shape index (κ1) is 15.8. The van der Waals surface area contributed by atoms with Gasteiger partial charge in [0, 0.05) is 11.6 Å². The van der Waals surface area contributed by atoms with Gasteiger partial charge in [-0.15, -0.1) is 0 Å². The van der Waals surface area contributed by atoms with E-state index >= 15 is 0 Å². The molecule has 20 heavy (non-hydrogen) atoms. The third kappa shape index (κ3) is 3.97. The molecule has 0 aromatic heterocycles. The van der Waals surface area contributed by atoms with E-state index in [1.165, 1.54) is 12.8 Å². The molecule has 0 radical (unpaired) electrons. The molecule has 0 bridgehead atoms. The van der Waals surface area contributed by atoms with Gasteiger partial charge in [0.15, 0.2) is 0 Å². The highest BCUT2D eigenvalue weighted by Crippen LogP contribution is 2.38. The highest BCUT2D eigenvalue weighted by Gasteiger charge is 2.35. The highest BCUT2D eigenvalue weighted by molar-refractivity contribution is 6.30. The van der Waals surface area contributed by atoms with Gasteiger partial charge >= 0.3 is 0 Å². The molecule has 0 unspecified atom stereocenters. The van der Waals surface area contributed by atoms with Gasteiger partial charge in [0.2, 0.25) is 0 Å². The summed E-state index contributed by atoms with van der Waals surface area (Å²) in [7, 11) is 0. The van der Waals surface area contributed by atoms with E-state index in [4.69, 9.17) is 22.1 Å². The molecule has 1 saturated carbocycles. The third-order valence-electron chi connectivity index (χ3n) is 4.71. The standard InChI is InChI=1S/C17H26ClNO/c1-13(2)15-7-9-17(12-19,10-8-15)20-11-14-3-5-16(18)6-4-14/h3-6,13,15H,7-12,19H2,1-2H3. The third-order valence-corrected chi connectivity index (χ3v) is 4.97. The van der Waals surface area contributed by atoms with Crippen LogP contribution in [0.25, 0.3) is 0 Å². The molecule has 0 spiro atoms. The van der Waals surface area contributed by atoms with E-state index in [0.717, 1.165) is 35.3 Å². The van der Waals surface area contributed by atoms with Crippen LogP contribution in [0.5, 0.6) is 0 Å². The molecule has 112 valence electrons. The number of halogens is 1. The second kappa shape index (κ2) is 6.93. The lowest BCUT2D eigenvalue weighted by molar-refractivity contribution is -0.0840. The van der Waals surface area contributed by atoms with Crippen molar-refractivity contribution in [2.24, 2.45) is 17.6 Å². The molecule has 1 fully saturated rings. The minimum absolute atomic E-state index is 0.120. The zero-order valence-electron chi connectivity index (χ0n) is 12.6. The minimum Gasteiger partial charge on any atom is -0.369 e. The fraction of sp³-hybridized carbons (Fsp3) is 0.647. The molecule has 0 heterocycles. The Morgan fingerprint density at radius 3 is 2.35 bits per heavy atom. The summed E-state index contributed by atoms with van der Waals surface area (Å²) in [6.07, 6.45) is 4.63. The summed E-state index contributed by atoms with van der Waals surface area (Å²) >= 11 is 5.90. The summed E-state index contributed by atoms with van der Waals surface area (Å²) in [5.74, 6) is 1.59. The number of ether oxygens (including phenoxy) is 1. The quantitative estimate of drug-likeness (QED) is 0.874. The molecule has 2 N–H and O–H groups in total. The molecule has 1 aromatic rings. The Labute approximate surface area is 127 Å². The van der Waals surface area contributed by atoms with Gasteiger partial charge in [-0.3, -0.25) is 0 Å². The molecule has 3 heteroatoms. The normalized spacial score (nSPS) is 26.9. The second-order valence-electron chi connectivity index (χ2n) is 6.38. The van der Waals surface area contributed by atoms with Crippen LogP contribution >= 0.6 is 11.6 Å². The highest BCUT2D eigenvalue weighted by atomic mass is 35.5. The van der Waals surface area contributed by atoms with E-state index in [1.54, 1.807) is 0 Å². The largest absolute Gasteiger partial charge is 0.369 e. The summed E-state index contributed by atoms with van der Waals surface area (Å²) in [6, 6.07) is 7.86. The minimum atomic E-state index is -0.120. The summed E-state index contributed by atoms with van der Waals surface area (Å²) in [5, 5.41) is 0.764. The van der Waals surface area contributed by atoms with Crippen LogP contribution < -0.4 is 5.73 Å². The van der Waals surface area contributed by atoms with E-state index in [-0.39, 0.29) is 5.60 Å². The number of hydrogen-bond acceptors (Lipinski definition) is 2. The van der Waals surface area contributed by atoms with Gasteiger partial charge in [-0.25, -0.2) is 0 Å². The first-order valence-corrected chi connectivity index (χ1v) is 8.01. The van der Waals surface area contributed by atoms with Crippen LogP contribution in [0.2, 0.25) is 5.02 Å². The van der Waals surface area contributed by atoms with Crippen molar-refractivity contribution < 1.29 is 4.74 Å². The molecule has 0 atom stereocenters. The van der Waals surface area contributed by atoms with Gasteiger partial charge in [0.05, 0.1) is 12.2 Å². The number of nitrogens with two attached hydrogens (primary N) is 1. The van der Waals surface area contributed by atoms with Crippen molar-refractivity contribution in [1.82, 2.24) is 0 Å². The van der Waals surface area contributed by atoms with Crippen molar-refractivity contribution in [3.05, 3.63) is 34.9 Å². The van der Waals surface area contributed by atoms with Crippen molar-refractivity contribution in [2.75, 3.05) is 6.54 Å². The average Bonchev–Trinajstić information content (AvgIpc) is 2.47. The van der Waals surface area contributed by atoms with Crippen LogP contribution in [0.4, 0.5) is 0 Å². The Bertz CT molecular complexity index is 408. The molecular formula is C17H26ClNO. The van der Waals surface area contributed by atoms with Crippen molar-refractivity contribution >= 4 is 11.6 Å². The molecule has 1 aromatic carbocycles. The zero-order valence-corrected chi connectivity index (χ0v) is 13.3. The lowest BCUT2D eigenvalue weighted by atomic mass is 9.74. The number of benzene rings is 1. The lowest BCUT2D eigenvalue weighted by Gasteiger charge is -2.40. The van der Waals surface area contributed by atoms with E-state index < -0.39 is 0 Å². The van der Waals surface area contributed by atoms with Gasteiger partial charge in [-0.1, -0.05) is 37.6 Å². The molecule has 0 aliphatic heterocycles. The summed E-state index contributed by atoms with van der Waals surface area (Å²) in [6.45, 7) is 5.87. The van der Waals surface area contributed by atoms with Crippen LogP contribution in [-0.4, -0.2) is 12.1 Å². The molecule has 0 saturated heterocycles. The predicted octanol–water partition coefficient (Wildman–Crippen LogP) is 4.40. The fourth-order valence-electron chi connectivity index (χ4n) is 3.06. The van der Waals surface area contributed by atoms with Crippen molar-refractivity contribution in [3.63, 3.8) is 0 Å². The summed E-state index contributed by atoms with van der Waals surface area (Å²) < 4.78 is 6.21. The molecule has 1 aliphatic rings. The Balaban J connectivity index is 1.91. The van der Waals surface area contributed by atoms with Gasteiger partial charge in [0.1, 0.15) is 0 Å². The second-order valence-corrected chi connectivity index (χ2v) is 6.82. The van der Waals surface area contributed by atoms with Crippen LogP contribution in [0.15, 0.2) is 24.3 Å². The van der Waals surface area contributed by atoms with E-state index in [9.17, 15) is 0 Å². The van der Waals surface area contributed by atoms with Crippen LogP contribution in [0, 0.1) is 11.8 Å². The van der Waals surface area contributed by atoms with Gasteiger partial charge in [0.25, 0.3) is 0 Å². The first-order chi connectivity index (χ1) is 9.54. The van der Waals surface area contributed by atoms with E-state index in [2.05, 4.69) is 13.8 Å². The SMILES string of the molecule is CC(C)C1CCC(CN)(OCc2ccc(Cl)cc2)CC1. The maximum Gasteiger partial charge on any atom is 0.0808 e.